The lowest BCUT2D eigenvalue weighted by atomic mass is 10.0. The van der Waals surface area contributed by atoms with Crippen molar-refractivity contribution in [3.05, 3.63) is 83.8 Å². The van der Waals surface area contributed by atoms with Crippen molar-refractivity contribution in [2.45, 2.75) is 6.92 Å². The summed E-state index contributed by atoms with van der Waals surface area (Å²) in [5.74, 6) is -0.264. The summed E-state index contributed by atoms with van der Waals surface area (Å²) in [6.45, 7) is 1.96. The van der Waals surface area contributed by atoms with E-state index >= 15 is 0 Å². The van der Waals surface area contributed by atoms with E-state index < -0.39 is 15.8 Å². The van der Waals surface area contributed by atoms with Gasteiger partial charge < -0.3 is 19.5 Å². The number of aromatic amines is 1. The molecule has 0 saturated carbocycles. The van der Waals surface area contributed by atoms with Crippen LogP contribution in [0, 0.1) is 12.7 Å². The fourth-order valence-corrected chi connectivity index (χ4v) is 5.62. The molecule has 0 saturated heterocycles. The molecule has 6 aromatic rings. The van der Waals surface area contributed by atoms with E-state index in [2.05, 4.69) is 15.3 Å². The Balaban J connectivity index is 1.64. The number of fused-ring (bicyclic) bond motifs is 2. The van der Waals surface area contributed by atoms with E-state index in [4.69, 9.17) is 14.1 Å². The number of methoxy groups -OCH3 is 1. The van der Waals surface area contributed by atoms with Gasteiger partial charge >= 0.3 is 0 Å². The van der Waals surface area contributed by atoms with Crippen molar-refractivity contribution in [1.29, 1.82) is 0 Å². The maximum atomic E-state index is 14.5. The number of anilines is 1. The van der Waals surface area contributed by atoms with Crippen molar-refractivity contribution < 1.29 is 26.8 Å². The third kappa shape index (κ3) is 4.92. The Morgan fingerprint density at radius 2 is 1.84 bits per heavy atom. The average Bonchev–Trinajstić information content (AvgIpc) is 3.62. The van der Waals surface area contributed by atoms with Gasteiger partial charge in [0.05, 0.1) is 42.2 Å². The zero-order valence-electron chi connectivity index (χ0n) is 24.5. The molecule has 0 unspecified atom stereocenters. The van der Waals surface area contributed by atoms with E-state index in [1.165, 1.54) is 33.5 Å². The topological polar surface area (TPSA) is 130 Å². The summed E-state index contributed by atoms with van der Waals surface area (Å²) >= 11 is 0. The number of nitrogens with zero attached hydrogens (tertiary/aromatic N) is 3. The Morgan fingerprint density at radius 1 is 1.09 bits per heavy atom. The Labute approximate surface area is 252 Å². The van der Waals surface area contributed by atoms with E-state index in [1.54, 1.807) is 30.3 Å². The number of aromatic nitrogens is 3. The first-order valence-corrected chi connectivity index (χ1v) is 15.4. The monoisotopic (exact) mass is 613 g/mol. The van der Waals surface area contributed by atoms with E-state index in [-0.39, 0.29) is 34.4 Å². The Hall–Kier alpha value is -5.23. The standard InChI is InChI=1S/C32H28FN5O5S/c1-17-9-11-18(12-10-17)30-28(31(39)34-2)21-13-20(26(15-27(21)43-30)38(3)44(5,40)41)25-16-35-32(42-4)29(37-25)24-14-19-22(33)7-6-8-23(19)36-24/h6-16,36H,1-5H3,(H,34,39). The molecule has 0 bridgehead atoms. The van der Waals surface area contributed by atoms with Gasteiger partial charge in [-0.05, 0) is 31.2 Å². The molecule has 0 fully saturated rings. The van der Waals surface area contributed by atoms with Crippen LogP contribution in [-0.4, -0.2) is 56.7 Å². The molecule has 12 heteroatoms. The van der Waals surface area contributed by atoms with E-state index in [1.807, 2.05) is 31.2 Å². The highest BCUT2D eigenvalue weighted by Crippen LogP contribution is 2.42. The number of halogens is 1. The van der Waals surface area contributed by atoms with Gasteiger partial charge in [-0.1, -0.05) is 35.9 Å². The first kappa shape index (κ1) is 28.9. The number of H-pyrrole nitrogens is 1. The number of hydrogen-bond donors (Lipinski definition) is 2. The molecule has 44 heavy (non-hydrogen) atoms. The van der Waals surface area contributed by atoms with Crippen LogP contribution in [0.3, 0.4) is 0 Å². The minimum Gasteiger partial charge on any atom is -0.479 e. The number of carbonyl (C=O) groups is 1. The summed E-state index contributed by atoms with van der Waals surface area (Å²) in [4.78, 5) is 25.7. The predicted molar refractivity (Wildman–Crippen MR) is 168 cm³/mol. The van der Waals surface area contributed by atoms with Crippen LogP contribution < -0.4 is 14.4 Å². The fraction of sp³-hybridized carbons (Fsp3) is 0.156. The number of carbonyl (C=O) groups excluding carboxylic acids is 1. The van der Waals surface area contributed by atoms with Crippen LogP contribution in [0.1, 0.15) is 15.9 Å². The number of amides is 1. The minimum atomic E-state index is -3.74. The van der Waals surface area contributed by atoms with Crippen LogP contribution in [0.5, 0.6) is 5.88 Å². The summed E-state index contributed by atoms with van der Waals surface area (Å²) in [5, 5.41) is 3.50. The smallest absolute Gasteiger partial charge is 0.255 e. The molecule has 3 aromatic heterocycles. The van der Waals surface area contributed by atoms with Crippen LogP contribution in [-0.2, 0) is 10.0 Å². The number of hydrogen-bond acceptors (Lipinski definition) is 7. The Bertz CT molecular complexity index is 2190. The SMILES string of the molecule is CNC(=O)c1c(-c2ccc(C)cc2)oc2cc(N(C)S(C)(=O)=O)c(-c3cnc(OC)c(-c4cc5c(F)cccc5[nH]4)n3)cc12. The molecule has 0 atom stereocenters. The Morgan fingerprint density at radius 3 is 2.50 bits per heavy atom. The maximum Gasteiger partial charge on any atom is 0.255 e. The second-order valence-electron chi connectivity index (χ2n) is 10.3. The van der Waals surface area contributed by atoms with Gasteiger partial charge in [0.15, 0.2) is 0 Å². The van der Waals surface area contributed by atoms with Gasteiger partial charge in [-0.25, -0.2) is 22.8 Å². The highest BCUT2D eigenvalue weighted by Gasteiger charge is 2.27. The van der Waals surface area contributed by atoms with Gasteiger partial charge in [0.1, 0.15) is 22.9 Å². The zero-order valence-corrected chi connectivity index (χ0v) is 25.3. The molecule has 3 heterocycles. The van der Waals surface area contributed by atoms with Gasteiger partial charge in [-0.15, -0.1) is 0 Å². The number of aryl methyl sites for hydroxylation is 1. The van der Waals surface area contributed by atoms with Gasteiger partial charge in [0, 0.05) is 47.6 Å². The molecule has 0 radical (unpaired) electrons. The number of sulfonamides is 1. The number of benzene rings is 3. The van der Waals surface area contributed by atoms with Gasteiger partial charge in [0.2, 0.25) is 15.9 Å². The summed E-state index contributed by atoms with van der Waals surface area (Å²) < 4.78 is 52.9. The van der Waals surface area contributed by atoms with Crippen molar-refractivity contribution in [3.8, 4) is 39.8 Å². The van der Waals surface area contributed by atoms with Crippen LogP contribution in [0.2, 0.25) is 0 Å². The van der Waals surface area contributed by atoms with Gasteiger partial charge in [-0.2, -0.15) is 0 Å². The predicted octanol–water partition coefficient (Wildman–Crippen LogP) is 5.92. The van der Waals surface area contributed by atoms with Crippen molar-refractivity contribution in [2.24, 2.45) is 0 Å². The van der Waals surface area contributed by atoms with Crippen molar-refractivity contribution in [1.82, 2.24) is 20.3 Å². The van der Waals surface area contributed by atoms with E-state index in [9.17, 15) is 17.6 Å². The number of ether oxygens (including phenoxy) is 1. The number of nitrogens with one attached hydrogen (secondary N) is 2. The second-order valence-corrected chi connectivity index (χ2v) is 12.4. The van der Waals surface area contributed by atoms with Gasteiger partial charge in [0.25, 0.3) is 5.91 Å². The van der Waals surface area contributed by atoms with E-state index in [0.717, 1.165) is 16.1 Å². The number of rotatable bonds is 7. The molecule has 0 aliphatic heterocycles. The first-order chi connectivity index (χ1) is 21.0. The van der Waals surface area contributed by atoms with Crippen LogP contribution in [0.25, 0.3) is 55.8 Å². The largest absolute Gasteiger partial charge is 0.479 e. The summed E-state index contributed by atoms with van der Waals surface area (Å²) in [5.41, 5.74) is 4.51. The summed E-state index contributed by atoms with van der Waals surface area (Å²) in [6.07, 6.45) is 2.54. The van der Waals surface area contributed by atoms with Crippen molar-refractivity contribution in [2.75, 3.05) is 31.8 Å². The van der Waals surface area contributed by atoms with Gasteiger partial charge in [-0.3, -0.25) is 9.10 Å². The molecule has 224 valence electrons. The van der Waals surface area contributed by atoms with E-state index in [0.29, 0.717) is 44.5 Å². The molecule has 3 aromatic carbocycles. The molecule has 6 rings (SSSR count). The van der Waals surface area contributed by atoms with Crippen molar-refractivity contribution in [3.63, 3.8) is 0 Å². The van der Waals surface area contributed by atoms with Crippen LogP contribution in [0.15, 0.2) is 71.3 Å². The normalized spacial score (nSPS) is 11.7. The summed E-state index contributed by atoms with van der Waals surface area (Å²) in [6, 6.07) is 17.1. The molecule has 1 amide bonds. The quantitative estimate of drug-likeness (QED) is 0.229. The minimum absolute atomic E-state index is 0.177. The third-order valence-corrected chi connectivity index (χ3v) is 8.68. The molecular formula is C32H28FN5O5S. The average molecular weight is 614 g/mol. The lowest BCUT2D eigenvalue weighted by Gasteiger charge is -2.20. The summed E-state index contributed by atoms with van der Waals surface area (Å²) in [7, 11) is 0.645. The highest BCUT2D eigenvalue weighted by atomic mass is 32.2. The molecule has 0 aliphatic rings. The zero-order chi connectivity index (χ0) is 31.3. The molecule has 10 nitrogen and oxygen atoms in total. The first-order valence-electron chi connectivity index (χ1n) is 13.5. The molecular weight excluding hydrogens is 585 g/mol. The number of furan rings is 1. The van der Waals surface area contributed by atoms with Crippen molar-refractivity contribution >= 4 is 43.5 Å². The lowest BCUT2D eigenvalue weighted by molar-refractivity contribution is 0.0964. The molecule has 0 spiro atoms. The maximum absolute atomic E-state index is 14.5. The third-order valence-electron chi connectivity index (χ3n) is 7.49. The van der Waals surface area contributed by atoms with Crippen LogP contribution in [0.4, 0.5) is 10.1 Å². The second kappa shape index (κ2) is 10.8. The fourth-order valence-electron chi connectivity index (χ4n) is 5.11. The Kier molecular flexibility index (Phi) is 7.08. The lowest BCUT2D eigenvalue weighted by Crippen LogP contribution is -2.25. The van der Waals surface area contributed by atoms with Crippen LogP contribution >= 0.6 is 0 Å². The molecule has 2 N–H and O–H groups in total. The molecule has 0 aliphatic carbocycles. The highest BCUT2D eigenvalue weighted by molar-refractivity contribution is 7.92.